The van der Waals surface area contributed by atoms with Gasteiger partial charge in [0.2, 0.25) is 5.91 Å². The number of carbonyl (C=O) groups excluding carboxylic acids is 2. The first kappa shape index (κ1) is 15.3. The number of carbonyl (C=O) groups is 2. The number of alkyl halides is 1. The number of nitrogens with zero attached hydrogens (tertiary/aromatic N) is 1. The van der Waals surface area contributed by atoms with Crippen molar-refractivity contribution in [2.24, 2.45) is 11.7 Å². The lowest BCUT2D eigenvalue weighted by molar-refractivity contribution is -0.128. The zero-order chi connectivity index (χ0) is 16.4. The van der Waals surface area contributed by atoms with E-state index < -0.39 is 24.0 Å². The quantitative estimate of drug-likeness (QED) is 0.884. The molecule has 2 unspecified atom stereocenters. The van der Waals surface area contributed by atoms with Crippen molar-refractivity contribution in [3.05, 3.63) is 48.2 Å². The Morgan fingerprint density at radius 1 is 1.26 bits per heavy atom. The van der Waals surface area contributed by atoms with E-state index in [1.807, 2.05) is 6.07 Å². The van der Waals surface area contributed by atoms with Crippen LogP contribution < -0.4 is 5.73 Å². The van der Waals surface area contributed by atoms with Crippen molar-refractivity contribution in [1.82, 2.24) is 4.90 Å². The van der Waals surface area contributed by atoms with E-state index in [1.165, 1.54) is 0 Å². The van der Waals surface area contributed by atoms with Gasteiger partial charge in [-0.15, -0.1) is 0 Å². The van der Waals surface area contributed by atoms with Crippen molar-refractivity contribution in [3.8, 4) is 11.3 Å². The molecule has 1 aromatic carbocycles. The molecule has 1 aliphatic rings. The summed E-state index contributed by atoms with van der Waals surface area (Å²) in [6.45, 7) is 0.273. The first-order valence-electron chi connectivity index (χ1n) is 7.46. The first-order chi connectivity index (χ1) is 11.1. The number of rotatable bonds is 3. The Kier molecular flexibility index (Phi) is 4.14. The van der Waals surface area contributed by atoms with E-state index in [1.54, 1.807) is 36.6 Å². The summed E-state index contributed by atoms with van der Waals surface area (Å²) in [6, 6.07) is 10.3. The van der Waals surface area contributed by atoms with Crippen LogP contribution in [0, 0.1) is 5.92 Å². The Morgan fingerprint density at radius 2 is 2.09 bits per heavy atom. The van der Waals surface area contributed by atoms with E-state index in [9.17, 15) is 14.0 Å². The van der Waals surface area contributed by atoms with Crippen LogP contribution in [0.2, 0.25) is 0 Å². The van der Waals surface area contributed by atoms with Crippen molar-refractivity contribution in [1.29, 1.82) is 0 Å². The van der Waals surface area contributed by atoms with Gasteiger partial charge in [-0.25, -0.2) is 4.39 Å². The Labute approximate surface area is 132 Å². The van der Waals surface area contributed by atoms with Crippen molar-refractivity contribution < 1.29 is 18.4 Å². The van der Waals surface area contributed by atoms with Gasteiger partial charge in [0.1, 0.15) is 5.76 Å². The lowest BCUT2D eigenvalue weighted by atomic mass is 9.95. The van der Waals surface area contributed by atoms with E-state index in [2.05, 4.69) is 0 Å². The number of primary amides is 1. The molecule has 0 aliphatic carbocycles. The van der Waals surface area contributed by atoms with E-state index in [0.29, 0.717) is 24.2 Å². The second kappa shape index (κ2) is 6.24. The topological polar surface area (TPSA) is 76.5 Å². The highest BCUT2D eigenvalue weighted by molar-refractivity contribution is 5.96. The second-order valence-corrected chi connectivity index (χ2v) is 5.58. The smallest absolute Gasteiger partial charge is 0.256 e. The van der Waals surface area contributed by atoms with E-state index in [-0.39, 0.29) is 6.54 Å². The molecule has 2 atom stereocenters. The fourth-order valence-corrected chi connectivity index (χ4v) is 2.87. The van der Waals surface area contributed by atoms with Gasteiger partial charge >= 0.3 is 0 Å². The molecule has 5 nitrogen and oxygen atoms in total. The third kappa shape index (κ3) is 2.97. The van der Waals surface area contributed by atoms with Crippen LogP contribution in [0.3, 0.4) is 0 Å². The van der Waals surface area contributed by atoms with Gasteiger partial charge in [-0.05, 0) is 37.1 Å². The molecule has 0 bridgehead atoms. The summed E-state index contributed by atoms with van der Waals surface area (Å²) < 4.78 is 19.8. The summed E-state index contributed by atoms with van der Waals surface area (Å²) in [6.07, 6.45) is 0.787. The minimum absolute atomic E-state index is 0.273. The van der Waals surface area contributed by atoms with Crippen molar-refractivity contribution in [2.45, 2.75) is 19.1 Å². The molecule has 2 amide bonds. The fraction of sp³-hybridized carbons (Fsp3) is 0.294. The number of benzene rings is 1. The Bertz CT molecular complexity index is 714. The predicted octanol–water partition coefficient (Wildman–Crippen LogP) is 2.58. The van der Waals surface area contributed by atoms with Crippen LogP contribution in [0.25, 0.3) is 11.3 Å². The highest BCUT2D eigenvalue weighted by atomic mass is 19.1. The molecule has 2 aromatic rings. The van der Waals surface area contributed by atoms with Gasteiger partial charge < -0.3 is 15.1 Å². The summed E-state index contributed by atoms with van der Waals surface area (Å²) >= 11 is 0. The van der Waals surface area contributed by atoms with Gasteiger partial charge in [-0.1, -0.05) is 12.1 Å². The first-order valence-corrected chi connectivity index (χ1v) is 7.46. The molecule has 2 N–H and O–H groups in total. The third-order valence-corrected chi connectivity index (χ3v) is 4.09. The maximum atomic E-state index is 14.5. The maximum Gasteiger partial charge on any atom is 0.256 e. The van der Waals surface area contributed by atoms with Gasteiger partial charge in [0.15, 0.2) is 6.30 Å². The molecule has 0 spiro atoms. The number of hydrogen-bond acceptors (Lipinski definition) is 3. The van der Waals surface area contributed by atoms with Crippen LogP contribution in [0.5, 0.6) is 0 Å². The average Bonchev–Trinajstić information content (AvgIpc) is 3.09. The number of amides is 2. The zero-order valence-corrected chi connectivity index (χ0v) is 12.4. The molecule has 1 aliphatic heterocycles. The maximum absolute atomic E-state index is 14.5. The highest BCUT2D eigenvalue weighted by Crippen LogP contribution is 2.27. The van der Waals surface area contributed by atoms with Crippen molar-refractivity contribution >= 4 is 11.8 Å². The highest BCUT2D eigenvalue weighted by Gasteiger charge is 2.37. The monoisotopic (exact) mass is 316 g/mol. The molecular formula is C17H17FN2O3. The molecule has 1 aromatic heterocycles. The minimum Gasteiger partial charge on any atom is -0.464 e. The standard InChI is InChI=1S/C17H17FN2O3/c18-15-13(16(19)21)6-2-8-20(15)17(22)12-5-1-4-11(10-12)14-7-3-9-23-14/h1,3-5,7,9-10,13,15H,2,6,8H2,(H2,19,21). The number of nitrogens with two attached hydrogens (primary N) is 1. The van der Waals surface area contributed by atoms with Crippen molar-refractivity contribution in [3.63, 3.8) is 0 Å². The normalized spacial score (nSPS) is 21.2. The molecular weight excluding hydrogens is 299 g/mol. The van der Waals surface area contributed by atoms with Crippen LogP contribution in [0.15, 0.2) is 47.1 Å². The minimum atomic E-state index is -1.68. The molecule has 0 saturated carbocycles. The Morgan fingerprint density at radius 3 is 2.78 bits per heavy atom. The summed E-state index contributed by atoms with van der Waals surface area (Å²) in [5.74, 6) is -1.47. The second-order valence-electron chi connectivity index (χ2n) is 5.58. The summed E-state index contributed by atoms with van der Waals surface area (Å²) in [5, 5.41) is 0. The fourth-order valence-electron chi connectivity index (χ4n) is 2.87. The number of furan rings is 1. The molecule has 23 heavy (non-hydrogen) atoms. The van der Waals surface area contributed by atoms with Gasteiger partial charge in [0.25, 0.3) is 5.91 Å². The predicted molar refractivity (Wildman–Crippen MR) is 82.0 cm³/mol. The molecule has 0 radical (unpaired) electrons. The van der Waals surface area contributed by atoms with Gasteiger partial charge in [0, 0.05) is 17.7 Å². The van der Waals surface area contributed by atoms with Gasteiger partial charge in [0.05, 0.1) is 12.2 Å². The van der Waals surface area contributed by atoms with Crippen molar-refractivity contribution in [2.75, 3.05) is 6.54 Å². The molecule has 1 fully saturated rings. The molecule has 2 heterocycles. The lowest BCUT2D eigenvalue weighted by Gasteiger charge is -2.35. The van der Waals surface area contributed by atoms with Crippen LogP contribution in [0.4, 0.5) is 4.39 Å². The largest absolute Gasteiger partial charge is 0.464 e. The number of likely N-dealkylation sites (tertiary alicyclic amines) is 1. The number of hydrogen-bond donors (Lipinski definition) is 1. The summed E-state index contributed by atoms with van der Waals surface area (Å²) in [5.41, 5.74) is 6.31. The SMILES string of the molecule is NC(=O)C1CCCN(C(=O)c2cccc(-c3ccco3)c2)C1F. The molecule has 120 valence electrons. The van der Waals surface area contributed by atoms with E-state index >= 15 is 0 Å². The van der Waals surface area contributed by atoms with Crippen LogP contribution in [-0.4, -0.2) is 29.6 Å². The Balaban J connectivity index is 1.85. The number of halogens is 1. The van der Waals surface area contributed by atoms with Crippen LogP contribution in [0.1, 0.15) is 23.2 Å². The zero-order valence-electron chi connectivity index (χ0n) is 12.4. The molecule has 6 heteroatoms. The van der Waals surface area contributed by atoms with Crippen LogP contribution >= 0.6 is 0 Å². The van der Waals surface area contributed by atoms with E-state index in [0.717, 1.165) is 10.5 Å². The van der Waals surface area contributed by atoms with Crippen LogP contribution in [-0.2, 0) is 4.79 Å². The van der Waals surface area contributed by atoms with E-state index in [4.69, 9.17) is 10.2 Å². The van der Waals surface area contributed by atoms with Gasteiger partial charge in [-0.3, -0.25) is 9.59 Å². The summed E-state index contributed by atoms with van der Waals surface area (Å²) in [4.78, 5) is 25.0. The van der Waals surface area contributed by atoms with Gasteiger partial charge in [-0.2, -0.15) is 0 Å². The third-order valence-electron chi connectivity index (χ3n) is 4.09. The lowest BCUT2D eigenvalue weighted by Crippen LogP contribution is -2.49. The Hall–Kier alpha value is -2.63. The average molecular weight is 316 g/mol. The molecule has 1 saturated heterocycles. The molecule has 3 rings (SSSR count). The number of piperidine rings is 1. The summed E-state index contributed by atoms with van der Waals surface area (Å²) in [7, 11) is 0.